The Morgan fingerprint density at radius 2 is 2.00 bits per heavy atom. The van der Waals surface area contributed by atoms with Crippen molar-refractivity contribution in [1.82, 2.24) is 14.6 Å². The highest BCUT2D eigenvalue weighted by Gasteiger charge is 2.24. The fourth-order valence-electron chi connectivity index (χ4n) is 4.08. The second kappa shape index (κ2) is 7.51. The molecule has 3 heterocycles. The zero-order chi connectivity index (χ0) is 18.8. The summed E-state index contributed by atoms with van der Waals surface area (Å²) < 4.78 is 6.82. The Labute approximate surface area is 159 Å². The van der Waals surface area contributed by atoms with Gasteiger partial charge in [-0.05, 0) is 43.5 Å². The Hall–Kier alpha value is -2.69. The van der Waals surface area contributed by atoms with Gasteiger partial charge in [-0.2, -0.15) is 5.10 Å². The van der Waals surface area contributed by atoms with Crippen LogP contribution >= 0.6 is 0 Å². The van der Waals surface area contributed by atoms with E-state index in [2.05, 4.69) is 30.2 Å². The lowest BCUT2D eigenvalue weighted by atomic mass is 9.84. The Balaban J connectivity index is 1.76. The first-order chi connectivity index (χ1) is 13.2. The van der Waals surface area contributed by atoms with E-state index in [0.717, 1.165) is 11.2 Å². The van der Waals surface area contributed by atoms with Gasteiger partial charge in [-0.3, -0.25) is 0 Å². The average molecular weight is 363 g/mol. The maximum atomic E-state index is 11.8. The molecule has 0 bridgehead atoms. The molecule has 1 saturated carbocycles. The zero-order valence-corrected chi connectivity index (χ0v) is 15.9. The first kappa shape index (κ1) is 17.7. The summed E-state index contributed by atoms with van der Waals surface area (Å²) >= 11 is 0. The third-order valence-electron chi connectivity index (χ3n) is 5.46. The van der Waals surface area contributed by atoms with E-state index >= 15 is 0 Å². The summed E-state index contributed by atoms with van der Waals surface area (Å²) in [6.07, 6.45) is 9.02. The molecule has 0 radical (unpaired) electrons. The lowest BCUT2D eigenvalue weighted by Gasteiger charge is -2.21. The van der Waals surface area contributed by atoms with E-state index in [4.69, 9.17) is 9.84 Å². The van der Waals surface area contributed by atoms with Crippen LogP contribution in [0.15, 0.2) is 36.5 Å². The van der Waals surface area contributed by atoms with Gasteiger partial charge in [-0.25, -0.2) is 14.3 Å². The zero-order valence-electron chi connectivity index (χ0n) is 15.9. The van der Waals surface area contributed by atoms with Gasteiger partial charge >= 0.3 is 5.97 Å². The minimum Gasteiger partial charge on any atom is -0.464 e. The quantitative estimate of drug-likeness (QED) is 0.642. The van der Waals surface area contributed by atoms with Crippen molar-refractivity contribution in [2.75, 3.05) is 7.11 Å². The van der Waals surface area contributed by atoms with Crippen molar-refractivity contribution in [1.29, 1.82) is 0 Å². The number of hydrogen-bond acceptors (Lipinski definition) is 4. The van der Waals surface area contributed by atoms with Crippen LogP contribution in [-0.2, 0) is 11.2 Å². The first-order valence-corrected chi connectivity index (χ1v) is 9.67. The SMILES string of the molecule is COC(=O)c1cccc(Cc2c(C3CCCCC3)nn3cc(C)ccc23)n1. The molecule has 0 unspecified atom stereocenters. The highest BCUT2D eigenvalue weighted by molar-refractivity contribution is 5.87. The second-order valence-corrected chi connectivity index (χ2v) is 7.42. The van der Waals surface area contributed by atoms with Gasteiger partial charge < -0.3 is 4.74 Å². The number of esters is 1. The molecule has 1 aliphatic carbocycles. The fraction of sp³-hybridized carbons (Fsp3) is 0.409. The van der Waals surface area contributed by atoms with Crippen molar-refractivity contribution < 1.29 is 9.53 Å². The molecule has 5 heteroatoms. The number of nitrogens with zero attached hydrogens (tertiary/aromatic N) is 3. The van der Waals surface area contributed by atoms with Crippen molar-refractivity contribution >= 4 is 11.5 Å². The number of hydrogen-bond donors (Lipinski definition) is 0. The predicted molar refractivity (Wildman–Crippen MR) is 104 cm³/mol. The van der Waals surface area contributed by atoms with E-state index < -0.39 is 5.97 Å². The number of carbonyl (C=O) groups is 1. The summed E-state index contributed by atoms with van der Waals surface area (Å²) in [7, 11) is 1.38. The smallest absolute Gasteiger partial charge is 0.356 e. The van der Waals surface area contributed by atoms with Crippen LogP contribution in [0, 0.1) is 6.92 Å². The molecule has 0 amide bonds. The van der Waals surface area contributed by atoms with Crippen molar-refractivity contribution in [3.8, 4) is 0 Å². The molecule has 5 nitrogen and oxygen atoms in total. The van der Waals surface area contributed by atoms with E-state index in [1.807, 2.05) is 16.6 Å². The molecule has 3 aromatic rings. The molecule has 0 aromatic carbocycles. The van der Waals surface area contributed by atoms with E-state index in [-0.39, 0.29) is 0 Å². The number of methoxy groups -OCH3 is 1. The van der Waals surface area contributed by atoms with Gasteiger partial charge in [0.2, 0.25) is 0 Å². The van der Waals surface area contributed by atoms with E-state index in [9.17, 15) is 4.79 Å². The molecule has 1 fully saturated rings. The second-order valence-electron chi connectivity index (χ2n) is 7.42. The van der Waals surface area contributed by atoms with Gasteiger partial charge in [0.05, 0.1) is 18.3 Å². The summed E-state index contributed by atoms with van der Waals surface area (Å²) in [4.78, 5) is 16.3. The number of aromatic nitrogens is 3. The highest BCUT2D eigenvalue weighted by atomic mass is 16.5. The number of carbonyl (C=O) groups excluding carboxylic acids is 1. The molecule has 0 atom stereocenters. The van der Waals surface area contributed by atoms with Crippen LogP contribution < -0.4 is 0 Å². The van der Waals surface area contributed by atoms with Crippen LogP contribution in [0.25, 0.3) is 5.52 Å². The fourth-order valence-corrected chi connectivity index (χ4v) is 4.08. The highest BCUT2D eigenvalue weighted by Crippen LogP contribution is 2.35. The maximum absolute atomic E-state index is 11.8. The molecule has 3 aromatic heterocycles. The Morgan fingerprint density at radius 3 is 2.78 bits per heavy atom. The molecule has 1 aliphatic rings. The Kier molecular flexibility index (Phi) is 4.92. The maximum Gasteiger partial charge on any atom is 0.356 e. The molecule has 0 spiro atoms. The molecule has 4 rings (SSSR count). The van der Waals surface area contributed by atoms with Gasteiger partial charge in [0, 0.05) is 29.8 Å². The van der Waals surface area contributed by atoms with Crippen molar-refractivity contribution in [2.45, 2.75) is 51.4 Å². The number of ether oxygens (including phenoxy) is 1. The van der Waals surface area contributed by atoms with Gasteiger partial charge in [-0.15, -0.1) is 0 Å². The Bertz CT molecular complexity index is 971. The largest absolute Gasteiger partial charge is 0.464 e. The van der Waals surface area contributed by atoms with Crippen LogP contribution in [0.3, 0.4) is 0 Å². The van der Waals surface area contributed by atoms with Crippen molar-refractivity contribution in [3.05, 3.63) is 64.7 Å². The third kappa shape index (κ3) is 3.59. The van der Waals surface area contributed by atoms with Gasteiger partial charge in [0.1, 0.15) is 5.69 Å². The molecule has 0 aliphatic heterocycles. The third-order valence-corrected chi connectivity index (χ3v) is 5.46. The summed E-state index contributed by atoms with van der Waals surface area (Å²) in [5.74, 6) is 0.109. The van der Waals surface area contributed by atoms with E-state index in [0.29, 0.717) is 18.0 Å². The molecular formula is C22H25N3O2. The minimum absolute atomic E-state index is 0.349. The lowest BCUT2D eigenvalue weighted by Crippen LogP contribution is -2.09. The Morgan fingerprint density at radius 1 is 1.19 bits per heavy atom. The van der Waals surface area contributed by atoms with Gasteiger partial charge in [0.25, 0.3) is 0 Å². The van der Waals surface area contributed by atoms with Gasteiger partial charge in [-0.1, -0.05) is 31.4 Å². The van der Waals surface area contributed by atoms with Crippen LogP contribution in [-0.4, -0.2) is 27.7 Å². The summed E-state index contributed by atoms with van der Waals surface area (Å²) in [5, 5.41) is 4.96. The van der Waals surface area contributed by atoms with E-state index in [1.54, 1.807) is 6.07 Å². The van der Waals surface area contributed by atoms with Crippen LogP contribution in [0.4, 0.5) is 0 Å². The molecule has 0 N–H and O–H groups in total. The van der Waals surface area contributed by atoms with Gasteiger partial charge in [0.15, 0.2) is 0 Å². The summed E-state index contributed by atoms with van der Waals surface area (Å²) in [6, 6.07) is 9.80. The van der Waals surface area contributed by atoms with Crippen LogP contribution in [0.5, 0.6) is 0 Å². The van der Waals surface area contributed by atoms with E-state index in [1.165, 1.54) is 56.0 Å². The number of fused-ring (bicyclic) bond motifs is 1. The molecule has 27 heavy (non-hydrogen) atoms. The standard InChI is InChI=1S/C22H25N3O2/c1-15-11-12-20-18(13-17-9-6-10-19(23-17)22(26)27-2)21(24-25(20)14-15)16-7-4-3-5-8-16/h6,9-12,14,16H,3-5,7-8,13H2,1-2H3. The normalized spacial score (nSPS) is 15.2. The van der Waals surface area contributed by atoms with Crippen molar-refractivity contribution in [2.24, 2.45) is 0 Å². The monoisotopic (exact) mass is 363 g/mol. The number of pyridine rings is 2. The number of rotatable bonds is 4. The predicted octanol–water partition coefficient (Wildman–Crippen LogP) is 4.46. The first-order valence-electron chi connectivity index (χ1n) is 9.67. The molecule has 140 valence electrons. The average Bonchev–Trinajstić information content (AvgIpc) is 3.05. The minimum atomic E-state index is -0.403. The van der Waals surface area contributed by atoms with Crippen LogP contribution in [0.2, 0.25) is 0 Å². The topological polar surface area (TPSA) is 56.5 Å². The summed E-state index contributed by atoms with van der Waals surface area (Å²) in [5.41, 5.74) is 5.97. The van der Waals surface area contributed by atoms with Crippen molar-refractivity contribution in [3.63, 3.8) is 0 Å². The van der Waals surface area contributed by atoms with Crippen LogP contribution in [0.1, 0.15) is 71.0 Å². The number of aryl methyl sites for hydroxylation is 1. The summed E-state index contributed by atoms with van der Waals surface area (Å²) in [6.45, 7) is 2.09. The lowest BCUT2D eigenvalue weighted by molar-refractivity contribution is 0.0593. The molecule has 0 saturated heterocycles. The molecular weight excluding hydrogens is 338 g/mol.